The predicted molar refractivity (Wildman–Crippen MR) is 244 cm³/mol. The van der Waals surface area contributed by atoms with Crippen molar-refractivity contribution in [1.29, 1.82) is 0 Å². The van der Waals surface area contributed by atoms with Gasteiger partial charge in [0, 0.05) is 22.1 Å². The smallest absolute Gasteiger partial charge is 0.0546 e. The van der Waals surface area contributed by atoms with Gasteiger partial charge in [0.15, 0.2) is 0 Å². The number of fused-ring (bicyclic) bond motifs is 6. The summed E-state index contributed by atoms with van der Waals surface area (Å²) in [4.78, 5) is 2.55. The minimum atomic E-state index is -0.118. The fourth-order valence-corrected chi connectivity index (χ4v) is 12.7. The lowest BCUT2D eigenvalue weighted by Crippen LogP contribution is -2.48. The first kappa shape index (κ1) is 34.1. The van der Waals surface area contributed by atoms with Gasteiger partial charge in [-0.3, -0.25) is 0 Å². The molecule has 0 aromatic heterocycles. The van der Waals surface area contributed by atoms with Crippen LogP contribution in [0.25, 0.3) is 54.9 Å². The van der Waals surface area contributed by atoms with Crippen LogP contribution < -0.4 is 4.90 Å². The van der Waals surface area contributed by atoms with E-state index >= 15 is 0 Å². The number of hydrogen-bond acceptors (Lipinski definition) is 1. The lowest BCUT2D eigenvalue weighted by atomic mass is 9.48. The van der Waals surface area contributed by atoms with E-state index in [1.165, 1.54) is 122 Å². The molecule has 0 radical (unpaired) electrons. The Morgan fingerprint density at radius 1 is 0.431 bits per heavy atom. The van der Waals surface area contributed by atoms with E-state index in [-0.39, 0.29) is 5.41 Å². The van der Waals surface area contributed by atoms with Crippen LogP contribution >= 0.6 is 0 Å². The van der Waals surface area contributed by atoms with Crippen molar-refractivity contribution >= 4 is 38.6 Å². The molecule has 0 amide bonds. The van der Waals surface area contributed by atoms with Crippen LogP contribution in [0.5, 0.6) is 0 Å². The number of hydrogen-bond donors (Lipinski definition) is 0. The average Bonchev–Trinajstić information content (AvgIpc) is 3.49. The number of anilines is 3. The Morgan fingerprint density at radius 3 is 1.81 bits per heavy atom. The normalized spacial score (nSPS) is 22.3. The molecule has 1 heteroatoms. The van der Waals surface area contributed by atoms with Crippen molar-refractivity contribution in [2.75, 3.05) is 4.90 Å². The summed E-state index contributed by atoms with van der Waals surface area (Å²) in [7, 11) is 0. The van der Waals surface area contributed by atoms with E-state index in [0.29, 0.717) is 5.41 Å². The molecule has 58 heavy (non-hydrogen) atoms. The Labute approximate surface area is 343 Å². The summed E-state index contributed by atoms with van der Waals surface area (Å²) >= 11 is 0. The summed E-state index contributed by atoms with van der Waals surface area (Å²) in [6, 6.07) is 64.5. The van der Waals surface area contributed by atoms with E-state index in [9.17, 15) is 0 Å². The van der Waals surface area contributed by atoms with E-state index in [2.05, 4.69) is 189 Å². The van der Waals surface area contributed by atoms with Gasteiger partial charge in [-0.2, -0.15) is 0 Å². The van der Waals surface area contributed by atoms with Gasteiger partial charge >= 0.3 is 0 Å². The quantitative estimate of drug-likeness (QED) is 0.153. The molecule has 282 valence electrons. The summed E-state index contributed by atoms with van der Waals surface area (Å²) in [6.45, 7) is 4.77. The molecule has 8 aromatic rings. The van der Waals surface area contributed by atoms with Crippen LogP contribution in [0.1, 0.15) is 69.1 Å². The van der Waals surface area contributed by atoms with Gasteiger partial charge in [0.05, 0.1) is 11.4 Å². The monoisotopic (exact) mass is 747 g/mol. The highest BCUT2D eigenvalue weighted by Crippen LogP contribution is 2.61. The zero-order valence-corrected chi connectivity index (χ0v) is 33.6. The summed E-state index contributed by atoms with van der Waals surface area (Å²) in [5.41, 5.74) is 15.9. The molecule has 5 aliphatic rings. The summed E-state index contributed by atoms with van der Waals surface area (Å²) in [5, 5.41) is 5.04. The van der Waals surface area contributed by atoms with Gasteiger partial charge in [-0.15, -0.1) is 0 Å². The highest BCUT2D eigenvalue weighted by molar-refractivity contribution is 6.15. The third kappa shape index (κ3) is 5.22. The highest BCUT2D eigenvalue weighted by Gasteiger charge is 2.51. The zero-order chi connectivity index (χ0) is 38.6. The van der Waals surface area contributed by atoms with E-state index in [4.69, 9.17) is 0 Å². The molecule has 0 heterocycles. The topological polar surface area (TPSA) is 3.24 Å². The van der Waals surface area contributed by atoms with Crippen molar-refractivity contribution in [1.82, 2.24) is 0 Å². The van der Waals surface area contributed by atoms with Gasteiger partial charge in [0.2, 0.25) is 0 Å². The maximum atomic E-state index is 2.55. The SMILES string of the molecule is CC1(C)c2ccccc2-c2ccc(N(c3ccc(-c4ccc(C56CC7CC(CC(C7)C5)C6)cc4)cc3-c3ccccc3)c3cc4ccccc4c4ccccc34)cc21. The Morgan fingerprint density at radius 2 is 1.05 bits per heavy atom. The molecule has 0 aliphatic heterocycles. The molecule has 4 fully saturated rings. The van der Waals surface area contributed by atoms with E-state index in [0.717, 1.165) is 17.8 Å². The summed E-state index contributed by atoms with van der Waals surface area (Å²) < 4.78 is 0. The van der Waals surface area contributed by atoms with Gasteiger partial charge in [0.25, 0.3) is 0 Å². The Balaban J connectivity index is 1.05. The Kier molecular flexibility index (Phi) is 7.53. The van der Waals surface area contributed by atoms with Gasteiger partial charge in [-0.1, -0.05) is 153 Å². The summed E-state index contributed by atoms with van der Waals surface area (Å²) in [5.74, 6) is 2.84. The summed E-state index contributed by atoms with van der Waals surface area (Å²) in [6.07, 6.45) is 8.64. The van der Waals surface area contributed by atoms with E-state index in [1.54, 1.807) is 5.56 Å². The van der Waals surface area contributed by atoms with Crippen LogP contribution in [0.4, 0.5) is 17.1 Å². The van der Waals surface area contributed by atoms with Crippen molar-refractivity contribution in [2.24, 2.45) is 17.8 Å². The van der Waals surface area contributed by atoms with Crippen LogP contribution in [0.15, 0.2) is 170 Å². The second kappa shape index (κ2) is 12.8. The number of nitrogens with zero attached hydrogens (tertiary/aromatic N) is 1. The number of benzene rings is 8. The van der Waals surface area contributed by atoms with Gasteiger partial charge in [-0.25, -0.2) is 0 Å². The molecular formula is C57H49N. The van der Waals surface area contributed by atoms with Gasteiger partial charge < -0.3 is 4.90 Å². The third-order valence-corrected chi connectivity index (χ3v) is 15.0. The lowest BCUT2D eigenvalue weighted by molar-refractivity contribution is -0.00518. The van der Waals surface area contributed by atoms with Crippen LogP contribution in [-0.2, 0) is 10.8 Å². The molecule has 4 bridgehead atoms. The van der Waals surface area contributed by atoms with Crippen LogP contribution in [-0.4, -0.2) is 0 Å². The zero-order valence-electron chi connectivity index (χ0n) is 33.6. The molecule has 1 nitrogen and oxygen atoms in total. The Bertz CT molecular complexity index is 2860. The van der Waals surface area contributed by atoms with Gasteiger partial charge in [0.1, 0.15) is 0 Å². The third-order valence-electron chi connectivity index (χ3n) is 15.0. The molecule has 0 atom stereocenters. The molecule has 0 unspecified atom stereocenters. The highest BCUT2D eigenvalue weighted by atomic mass is 15.1. The van der Waals surface area contributed by atoms with E-state index < -0.39 is 0 Å². The van der Waals surface area contributed by atoms with Crippen molar-refractivity contribution in [2.45, 2.75) is 63.2 Å². The molecule has 8 aromatic carbocycles. The fraction of sp³-hybridized carbons (Fsp3) is 0.228. The van der Waals surface area contributed by atoms with Crippen LogP contribution in [0, 0.1) is 17.8 Å². The predicted octanol–water partition coefficient (Wildman–Crippen LogP) is 15.6. The van der Waals surface area contributed by atoms with Crippen molar-refractivity contribution < 1.29 is 0 Å². The lowest BCUT2D eigenvalue weighted by Gasteiger charge is -2.57. The molecule has 0 N–H and O–H groups in total. The maximum Gasteiger partial charge on any atom is 0.0546 e. The second-order valence-electron chi connectivity index (χ2n) is 18.8. The number of rotatable bonds is 6. The minimum Gasteiger partial charge on any atom is -0.309 e. The minimum absolute atomic E-state index is 0.118. The largest absolute Gasteiger partial charge is 0.309 e. The molecule has 5 aliphatic carbocycles. The first-order chi connectivity index (χ1) is 28.4. The van der Waals surface area contributed by atoms with Gasteiger partial charge in [-0.05, 0) is 153 Å². The standard InChI is InChI=1S/C57H49N/c1-56(2)52-19-11-10-17-48(52)49-26-25-45(33-53(49)56)58(55-32-43-14-6-7-15-46(43)47-16-8-9-18-50(47)55)54-27-22-42(31-51(54)41-12-4-3-5-13-41)40-20-23-44(24-21-40)57-34-37-28-38(35-57)30-39(29-37)36-57/h3-27,31-33,37-39H,28-30,34-36H2,1-2H3. The van der Waals surface area contributed by atoms with E-state index in [1.807, 2.05) is 0 Å². The molecule has 13 rings (SSSR count). The maximum absolute atomic E-state index is 2.55. The second-order valence-corrected chi connectivity index (χ2v) is 18.8. The van der Waals surface area contributed by atoms with Crippen LogP contribution in [0.2, 0.25) is 0 Å². The molecular weight excluding hydrogens is 699 g/mol. The van der Waals surface area contributed by atoms with Crippen LogP contribution in [0.3, 0.4) is 0 Å². The Hall–Kier alpha value is -5.92. The molecule has 0 saturated heterocycles. The van der Waals surface area contributed by atoms with Crippen molar-refractivity contribution in [3.05, 3.63) is 187 Å². The van der Waals surface area contributed by atoms with Crippen molar-refractivity contribution in [3.63, 3.8) is 0 Å². The average molecular weight is 748 g/mol. The van der Waals surface area contributed by atoms with Crippen molar-refractivity contribution in [3.8, 4) is 33.4 Å². The molecule has 0 spiro atoms. The first-order valence-electron chi connectivity index (χ1n) is 21.7. The first-order valence-corrected chi connectivity index (χ1v) is 21.7. The fourth-order valence-electron chi connectivity index (χ4n) is 12.7. The molecule has 4 saturated carbocycles.